The van der Waals surface area contributed by atoms with Gasteiger partial charge in [0.05, 0.1) is 16.8 Å². The Morgan fingerprint density at radius 1 is 1.20 bits per heavy atom. The highest BCUT2D eigenvalue weighted by Crippen LogP contribution is 2.37. The van der Waals surface area contributed by atoms with Crippen molar-refractivity contribution in [2.45, 2.75) is 52.2 Å². The van der Waals surface area contributed by atoms with E-state index in [0.717, 1.165) is 12.0 Å². The molecule has 1 saturated heterocycles. The van der Waals surface area contributed by atoms with Crippen molar-refractivity contribution in [1.29, 1.82) is 0 Å². The van der Waals surface area contributed by atoms with Gasteiger partial charge in [-0.2, -0.15) is 5.10 Å². The van der Waals surface area contributed by atoms with Crippen LogP contribution in [-0.4, -0.2) is 31.0 Å². The Bertz CT molecular complexity index is 248. The second-order valence-corrected chi connectivity index (χ2v) is 4.77. The molecule has 1 aliphatic heterocycles. The molecule has 86 valence electrons. The molecule has 1 aliphatic rings. The Balaban J connectivity index is 2.82. The van der Waals surface area contributed by atoms with Crippen molar-refractivity contribution in [3.8, 4) is 0 Å². The van der Waals surface area contributed by atoms with E-state index in [2.05, 4.69) is 10.5 Å². The third kappa shape index (κ3) is 2.34. The SMILES string of the molecule is CC/C(=N\NC)B1OC(C)(C)C(C)(C)O1. The highest BCUT2D eigenvalue weighted by Gasteiger charge is 2.52. The van der Waals surface area contributed by atoms with Crippen LogP contribution in [0.25, 0.3) is 0 Å². The number of nitrogens with zero attached hydrogens (tertiary/aromatic N) is 1. The van der Waals surface area contributed by atoms with E-state index in [0.29, 0.717) is 0 Å². The highest BCUT2D eigenvalue weighted by atomic mass is 16.7. The van der Waals surface area contributed by atoms with Crippen molar-refractivity contribution in [1.82, 2.24) is 5.43 Å². The highest BCUT2D eigenvalue weighted by molar-refractivity contribution is 6.82. The summed E-state index contributed by atoms with van der Waals surface area (Å²) in [4.78, 5) is 0. The molecule has 1 N–H and O–H groups in total. The van der Waals surface area contributed by atoms with E-state index in [1.165, 1.54) is 0 Å². The minimum Gasteiger partial charge on any atom is -0.399 e. The number of nitrogens with one attached hydrogen (secondary N) is 1. The van der Waals surface area contributed by atoms with E-state index in [1.54, 1.807) is 7.05 Å². The van der Waals surface area contributed by atoms with Gasteiger partial charge in [-0.25, -0.2) is 0 Å². The Morgan fingerprint density at radius 3 is 2.00 bits per heavy atom. The van der Waals surface area contributed by atoms with Gasteiger partial charge in [0.2, 0.25) is 0 Å². The standard InChI is InChI=1S/C10H21BN2O2/c1-7-8(13-12-6)11-14-9(2,3)10(4,5)15-11/h12H,7H2,1-6H3/b13-8+. The van der Waals surface area contributed by atoms with E-state index in [-0.39, 0.29) is 18.3 Å². The van der Waals surface area contributed by atoms with Crippen LogP contribution in [0.5, 0.6) is 0 Å². The van der Waals surface area contributed by atoms with Crippen molar-refractivity contribution in [2.75, 3.05) is 7.05 Å². The molecule has 0 aromatic rings. The molecule has 0 amide bonds. The van der Waals surface area contributed by atoms with Gasteiger partial charge >= 0.3 is 7.12 Å². The quantitative estimate of drug-likeness (QED) is 0.439. The molecule has 0 unspecified atom stereocenters. The van der Waals surface area contributed by atoms with Gasteiger partial charge in [0.25, 0.3) is 0 Å². The lowest BCUT2D eigenvalue weighted by atomic mass is 9.80. The fraction of sp³-hybridized carbons (Fsp3) is 0.900. The molecule has 15 heavy (non-hydrogen) atoms. The summed E-state index contributed by atoms with van der Waals surface area (Å²) in [7, 11) is 1.45. The lowest BCUT2D eigenvalue weighted by molar-refractivity contribution is 0.00578. The summed E-state index contributed by atoms with van der Waals surface area (Å²) in [6.45, 7) is 10.2. The zero-order valence-corrected chi connectivity index (χ0v) is 10.5. The third-order valence-electron chi connectivity index (χ3n) is 3.14. The van der Waals surface area contributed by atoms with Gasteiger partial charge < -0.3 is 14.7 Å². The van der Waals surface area contributed by atoms with Crippen molar-refractivity contribution in [2.24, 2.45) is 5.10 Å². The first-order valence-corrected chi connectivity index (χ1v) is 5.43. The monoisotopic (exact) mass is 212 g/mol. The summed E-state index contributed by atoms with van der Waals surface area (Å²) in [5, 5.41) is 4.17. The largest absolute Gasteiger partial charge is 0.511 e. The molecule has 0 radical (unpaired) electrons. The molecule has 0 aromatic carbocycles. The first-order chi connectivity index (χ1) is 6.84. The molecular weight excluding hydrogens is 191 g/mol. The summed E-state index contributed by atoms with van der Waals surface area (Å²) in [5.41, 5.74) is 3.10. The topological polar surface area (TPSA) is 42.9 Å². The Hall–Kier alpha value is -0.545. The predicted molar refractivity (Wildman–Crippen MR) is 62.9 cm³/mol. The average Bonchev–Trinajstić information content (AvgIpc) is 2.32. The first kappa shape index (κ1) is 12.5. The van der Waals surface area contributed by atoms with Gasteiger partial charge in [-0.1, -0.05) is 6.92 Å². The molecule has 0 saturated carbocycles. The van der Waals surface area contributed by atoms with E-state index in [4.69, 9.17) is 9.31 Å². The number of hydrazone groups is 1. The molecule has 0 atom stereocenters. The summed E-state index contributed by atoms with van der Waals surface area (Å²) >= 11 is 0. The van der Waals surface area contributed by atoms with Gasteiger partial charge in [0.15, 0.2) is 0 Å². The molecule has 5 heteroatoms. The van der Waals surface area contributed by atoms with Crippen molar-refractivity contribution < 1.29 is 9.31 Å². The summed E-state index contributed by atoms with van der Waals surface area (Å²) in [6.07, 6.45) is 0.817. The fourth-order valence-electron chi connectivity index (χ4n) is 1.42. The van der Waals surface area contributed by atoms with Crippen LogP contribution < -0.4 is 5.43 Å². The average molecular weight is 212 g/mol. The zero-order valence-electron chi connectivity index (χ0n) is 10.5. The molecule has 0 aromatic heterocycles. The lowest BCUT2D eigenvalue weighted by Crippen LogP contribution is -2.41. The lowest BCUT2D eigenvalue weighted by Gasteiger charge is -2.32. The fourth-order valence-corrected chi connectivity index (χ4v) is 1.42. The van der Waals surface area contributed by atoms with Gasteiger partial charge in [-0.15, -0.1) is 0 Å². The van der Waals surface area contributed by atoms with E-state index in [1.807, 2.05) is 34.6 Å². The van der Waals surface area contributed by atoms with Crippen molar-refractivity contribution in [3.63, 3.8) is 0 Å². The minimum atomic E-state index is -0.326. The second-order valence-electron chi connectivity index (χ2n) is 4.77. The van der Waals surface area contributed by atoms with E-state index >= 15 is 0 Å². The molecule has 0 bridgehead atoms. The maximum Gasteiger partial charge on any atom is 0.511 e. The number of rotatable bonds is 3. The van der Waals surface area contributed by atoms with Gasteiger partial charge in [-0.05, 0) is 34.1 Å². The van der Waals surface area contributed by atoms with E-state index < -0.39 is 0 Å². The van der Waals surface area contributed by atoms with Crippen molar-refractivity contribution in [3.05, 3.63) is 0 Å². The van der Waals surface area contributed by atoms with Crippen LogP contribution in [0, 0.1) is 0 Å². The molecule has 1 fully saturated rings. The molecule has 0 spiro atoms. The van der Waals surface area contributed by atoms with Crippen LogP contribution in [0.3, 0.4) is 0 Å². The molecule has 1 heterocycles. The Kier molecular flexibility index (Phi) is 3.46. The second kappa shape index (κ2) is 4.14. The van der Waals surface area contributed by atoms with Crippen LogP contribution in [0.4, 0.5) is 0 Å². The van der Waals surface area contributed by atoms with Crippen LogP contribution in [0.1, 0.15) is 41.0 Å². The van der Waals surface area contributed by atoms with E-state index in [9.17, 15) is 0 Å². The summed E-state index contributed by atoms with van der Waals surface area (Å²) in [5.74, 6) is 0. The number of hydrogen-bond acceptors (Lipinski definition) is 4. The first-order valence-electron chi connectivity index (χ1n) is 5.43. The third-order valence-corrected chi connectivity index (χ3v) is 3.14. The van der Waals surface area contributed by atoms with Gasteiger partial charge in [0, 0.05) is 7.05 Å². The Morgan fingerprint density at radius 2 is 1.67 bits per heavy atom. The van der Waals surface area contributed by atoms with Crippen LogP contribution in [0.15, 0.2) is 5.10 Å². The summed E-state index contributed by atoms with van der Waals surface area (Å²) in [6, 6.07) is 0. The van der Waals surface area contributed by atoms with Gasteiger partial charge in [0.1, 0.15) is 0 Å². The predicted octanol–water partition coefficient (Wildman–Crippen LogP) is 1.60. The summed E-state index contributed by atoms with van der Waals surface area (Å²) < 4.78 is 11.8. The maximum atomic E-state index is 5.88. The molecule has 1 rings (SSSR count). The van der Waals surface area contributed by atoms with Crippen molar-refractivity contribution >= 4 is 12.7 Å². The minimum absolute atomic E-state index is 0.290. The molecule has 0 aliphatic carbocycles. The molecule has 4 nitrogen and oxygen atoms in total. The smallest absolute Gasteiger partial charge is 0.399 e. The van der Waals surface area contributed by atoms with Crippen LogP contribution in [-0.2, 0) is 9.31 Å². The van der Waals surface area contributed by atoms with Crippen LogP contribution in [0.2, 0.25) is 0 Å². The maximum absolute atomic E-state index is 5.88. The van der Waals surface area contributed by atoms with Gasteiger partial charge in [-0.3, -0.25) is 0 Å². The normalized spacial score (nSPS) is 24.4. The zero-order chi connectivity index (χ0) is 11.7. The van der Waals surface area contributed by atoms with Crippen LogP contribution >= 0.6 is 0 Å². The molecular formula is C10H21BN2O2. The Labute approximate surface area is 92.6 Å². The number of hydrogen-bond donors (Lipinski definition) is 1.